The van der Waals surface area contributed by atoms with Gasteiger partial charge in [0.05, 0.1) is 34.6 Å². The zero-order chi connectivity index (χ0) is 21.0. The highest BCUT2D eigenvalue weighted by atomic mass is 35.5. The maximum Gasteiger partial charge on any atom is 0.235 e. The average Bonchev–Trinajstić information content (AvgIpc) is 3.15. The van der Waals surface area contributed by atoms with Crippen LogP contribution in [0.25, 0.3) is 0 Å². The Morgan fingerprint density at radius 3 is 2.45 bits per heavy atom. The first-order valence-electron chi connectivity index (χ1n) is 8.54. The fraction of sp³-hybridized carbons (Fsp3) is 0.150. The predicted molar refractivity (Wildman–Crippen MR) is 109 cm³/mol. The van der Waals surface area contributed by atoms with Crippen molar-refractivity contribution in [2.75, 3.05) is 4.90 Å². The van der Waals surface area contributed by atoms with Crippen molar-refractivity contribution in [2.24, 2.45) is 0 Å². The van der Waals surface area contributed by atoms with E-state index in [4.69, 9.17) is 28.5 Å². The lowest BCUT2D eigenvalue weighted by atomic mass is 10.1. The van der Waals surface area contributed by atoms with E-state index in [1.807, 2.05) is 6.07 Å². The van der Waals surface area contributed by atoms with Crippen molar-refractivity contribution < 1.29 is 9.59 Å². The number of hydrogen-bond acceptors (Lipinski definition) is 5. The summed E-state index contributed by atoms with van der Waals surface area (Å²) in [6, 6.07) is 13.6. The van der Waals surface area contributed by atoms with Crippen molar-refractivity contribution in [1.29, 1.82) is 5.26 Å². The van der Waals surface area contributed by atoms with Crippen LogP contribution in [-0.4, -0.2) is 26.9 Å². The molecule has 0 aliphatic carbocycles. The van der Waals surface area contributed by atoms with Crippen LogP contribution in [0.15, 0.2) is 42.5 Å². The summed E-state index contributed by atoms with van der Waals surface area (Å²) in [4.78, 5) is 30.8. The van der Waals surface area contributed by atoms with Crippen LogP contribution in [0.3, 0.4) is 0 Å². The monoisotopic (exact) mass is 427 g/mol. The summed E-state index contributed by atoms with van der Waals surface area (Å²) in [6.07, 6.45) is -0.404. The van der Waals surface area contributed by atoms with Gasteiger partial charge in [-0.3, -0.25) is 14.7 Å². The number of nitrogens with one attached hydrogen (secondary N) is 1. The minimum Gasteiger partial charge on any atom is -0.308 e. The molecule has 0 aliphatic heterocycles. The van der Waals surface area contributed by atoms with Gasteiger partial charge in [0.2, 0.25) is 17.5 Å². The first-order chi connectivity index (χ1) is 13.9. The summed E-state index contributed by atoms with van der Waals surface area (Å²) in [7, 11) is 0. The molecule has 0 aliphatic rings. The Labute approximate surface area is 176 Å². The molecule has 1 aromatic heterocycles. The second-order valence-corrected chi connectivity index (χ2v) is 7.05. The van der Waals surface area contributed by atoms with Gasteiger partial charge < -0.3 is 4.90 Å². The van der Waals surface area contributed by atoms with E-state index < -0.39 is 18.1 Å². The first kappa shape index (κ1) is 20.5. The average molecular weight is 428 g/mol. The molecule has 9 heteroatoms. The molecule has 29 heavy (non-hydrogen) atoms. The SMILES string of the molecule is Cc1nc(C(=O)CC(=O)N(Cc2ccc(Cl)c(Cl)c2)c2ccc(C#N)cc2)n[nH]1. The van der Waals surface area contributed by atoms with Gasteiger partial charge in [-0.1, -0.05) is 29.3 Å². The summed E-state index contributed by atoms with van der Waals surface area (Å²) in [6.45, 7) is 1.83. The zero-order valence-electron chi connectivity index (χ0n) is 15.3. The number of nitrogens with zero attached hydrogens (tertiary/aromatic N) is 4. The van der Waals surface area contributed by atoms with Crippen LogP contribution in [0, 0.1) is 18.3 Å². The molecule has 7 nitrogen and oxygen atoms in total. The number of carbonyl (C=O) groups is 2. The van der Waals surface area contributed by atoms with E-state index in [9.17, 15) is 9.59 Å². The lowest BCUT2D eigenvalue weighted by Gasteiger charge is -2.23. The van der Waals surface area contributed by atoms with Gasteiger partial charge in [0.25, 0.3) is 0 Å². The number of aromatic nitrogens is 3. The van der Waals surface area contributed by atoms with Crippen LogP contribution in [0.1, 0.15) is 34.0 Å². The summed E-state index contributed by atoms with van der Waals surface area (Å²) < 4.78 is 0. The largest absolute Gasteiger partial charge is 0.308 e. The van der Waals surface area contributed by atoms with Gasteiger partial charge in [0.1, 0.15) is 5.82 Å². The standard InChI is InChI=1S/C20H15Cl2N5O2/c1-12-24-20(26-25-12)18(28)9-19(29)27(15-5-2-13(10-23)3-6-15)11-14-4-7-16(21)17(22)8-14/h2-8H,9,11H2,1H3,(H,24,25,26). The number of ketones is 1. The molecule has 2 aromatic carbocycles. The van der Waals surface area contributed by atoms with Gasteiger partial charge in [-0.05, 0) is 48.9 Å². The van der Waals surface area contributed by atoms with Gasteiger partial charge in [-0.15, -0.1) is 0 Å². The number of amides is 1. The molecule has 0 atom stereocenters. The Hall–Kier alpha value is -3.21. The van der Waals surface area contributed by atoms with Crippen molar-refractivity contribution in [3.8, 4) is 6.07 Å². The molecule has 1 amide bonds. The second kappa shape index (κ2) is 8.86. The highest BCUT2D eigenvalue weighted by Crippen LogP contribution is 2.25. The third kappa shape index (κ3) is 4.99. The van der Waals surface area contributed by atoms with E-state index in [2.05, 4.69) is 15.2 Å². The van der Waals surface area contributed by atoms with Crippen molar-refractivity contribution >= 4 is 40.6 Å². The number of rotatable bonds is 6. The first-order valence-corrected chi connectivity index (χ1v) is 9.29. The minimum absolute atomic E-state index is 0.0369. The van der Waals surface area contributed by atoms with Crippen molar-refractivity contribution in [3.05, 3.63) is 75.3 Å². The lowest BCUT2D eigenvalue weighted by Crippen LogP contribution is -2.32. The Balaban J connectivity index is 1.88. The Bertz CT molecular complexity index is 1100. The maximum atomic E-state index is 13.0. The van der Waals surface area contributed by atoms with Crippen LogP contribution >= 0.6 is 23.2 Å². The Kier molecular flexibility index (Phi) is 6.27. The number of hydrogen-bond donors (Lipinski definition) is 1. The van der Waals surface area contributed by atoms with Crippen molar-refractivity contribution in [2.45, 2.75) is 19.9 Å². The fourth-order valence-corrected chi connectivity index (χ4v) is 2.96. The molecule has 146 valence electrons. The minimum atomic E-state index is -0.493. The highest BCUT2D eigenvalue weighted by molar-refractivity contribution is 6.42. The molecular weight excluding hydrogens is 413 g/mol. The zero-order valence-corrected chi connectivity index (χ0v) is 16.8. The van der Waals surface area contributed by atoms with Gasteiger partial charge in [-0.25, -0.2) is 4.98 Å². The van der Waals surface area contributed by atoms with Gasteiger partial charge in [0.15, 0.2) is 0 Å². The van der Waals surface area contributed by atoms with E-state index in [0.717, 1.165) is 5.56 Å². The fourth-order valence-electron chi connectivity index (χ4n) is 2.64. The summed E-state index contributed by atoms with van der Waals surface area (Å²) in [5, 5.41) is 16.2. The maximum absolute atomic E-state index is 13.0. The molecule has 0 fully saturated rings. The second-order valence-electron chi connectivity index (χ2n) is 6.23. The lowest BCUT2D eigenvalue weighted by molar-refractivity contribution is -0.117. The molecule has 0 spiro atoms. The third-order valence-electron chi connectivity index (χ3n) is 4.09. The molecule has 1 N–H and O–H groups in total. The number of aromatic amines is 1. The van der Waals surface area contributed by atoms with E-state index in [-0.39, 0.29) is 12.4 Å². The quantitative estimate of drug-likeness (QED) is 0.471. The van der Waals surface area contributed by atoms with Crippen LogP contribution in [0.2, 0.25) is 10.0 Å². The Morgan fingerprint density at radius 2 is 1.86 bits per heavy atom. The molecule has 0 bridgehead atoms. The molecule has 1 heterocycles. The molecule has 0 saturated heterocycles. The van der Waals surface area contributed by atoms with Crippen LogP contribution < -0.4 is 4.90 Å². The predicted octanol–water partition coefficient (Wildman–Crippen LogP) is 4.10. The van der Waals surface area contributed by atoms with E-state index >= 15 is 0 Å². The summed E-state index contributed by atoms with van der Waals surface area (Å²) >= 11 is 12.0. The third-order valence-corrected chi connectivity index (χ3v) is 4.83. The van der Waals surface area contributed by atoms with Crippen molar-refractivity contribution in [3.63, 3.8) is 0 Å². The smallest absolute Gasteiger partial charge is 0.235 e. The molecule has 0 radical (unpaired) electrons. The van der Waals surface area contributed by atoms with Gasteiger partial charge >= 0.3 is 0 Å². The number of anilines is 1. The number of carbonyl (C=O) groups excluding carboxylic acids is 2. The number of H-pyrrole nitrogens is 1. The Morgan fingerprint density at radius 1 is 1.14 bits per heavy atom. The summed E-state index contributed by atoms with van der Waals surface area (Å²) in [5.41, 5.74) is 1.74. The summed E-state index contributed by atoms with van der Waals surface area (Å²) in [5.74, 6) is -0.480. The highest BCUT2D eigenvalue weighted by Gasteiger charge is 2.22. The van der Waals surface area contributed by atoms with Gasteiger partial charge in [-0.2, -0.15) is 10.4 Å². The number of benzene rings is 2. The number of Topliss-reactive ketones (excluding diaryl/α,β-unsaturated/α-hetero) is 1. The molecule has 3 aromatic rings. The van der Waals surface area contributed by atoms with E-state index in [0.29, 0.717) is 27.1 Å². The van der Waals surface area contributed by atoms with Gasteiger partial charge in [0, 0.05) is 5.69 Å². The molecule has 0 saturated carbocycles. The number of aryl methyl sites for hydroxylation is 1. The van der Waals surface area contributed by atoms with Crippen LogP contribution in [0.4, 0.5) is 5.69 Å². The van der Waals surface area contributed by atoms with Crippen molar-refractivity contribution in [1.82, 2.24) is 15.2 Å². The van der Waals surface area contributed by atoms with E-state index in [1.165, 1.54) is 4.90 Å². The number of halogens is 2. The topological polar surface area (TPSA) is 103 Å². The molecule has 0 unspecified atom stereocenters. The number of nitriles is 1. The van der Waals surface area contributed by atoms with Crippen LogP contribution in [-0.2, 0) is 11.3 Å². The normalized spacial score (nSPS) is 10.4. The molecule has 3 rings (SSSR count). The van der Waals surface area contributed by atoms with Crippen LogP contribution in [0.5, 0.6) is 0 Å². The van der Waals surface area contributed by atoms with E-state index in [1.54, 1.807) is 49.4 Å². The molecular formula is C20H15Cl2N5O2.